The summed E-state index contributed by atoms with van der Waals surface area (Å²) in [7, 11) is 1.76. The summed E-state index contributed by atoms with van der Waals surface area (Å²) in [5.74, 6) is 1.52. The van der Waals surface area contributed by atoms with Crippen molar-refractivity contribution in [2.24, 2.45) is 10.1 Å². The highest BCUT2D eigenvalue weighted by Gasteiger charge is 2.14. The molecule has 1 aromatic heterocycles. The molecule has 0 spiro atoms. The van der Waals surface area contributed by atoms with Crippen LogP contribution in [0.2, 0.25) is 5.02 Å². The van der Waals surface area contributed by atoms with E-state index >= 15 is 0 Å². The van der Waals surface area contributed by atoms with Crippen molar-refractivity contribution in [3.05, 3.63) is 63.2 Å². The van der Waals surface area contributed by atoms with E-state index in [1.165, 1.54) is 11.3 Å². The standard InChI is InChI=1S/C20H18ClN3O2S/c1-13(14-6-7-18-19(11-14)26-9-8-25-18)23-24-17(12-27-20(24)22-2)15-4-3-5-16(21)10-15/h3-7,10-12H,8-9H2,1-2H3. The van der Waals surface area contributed by atoms with Crippen LogP contribution in [0.25, 0.3) is 11.3 Å². The van der Waals surface area contributed by atoms with Crippen LogP contribution in [0.3, 0.4) is 0 Å². The molecule has 0 aliphatic carbocycles. The van der Waals surface area contributed by atoms with Gasteiger partial charge >= 0.3 is 0 Å². The zero-order valence-corrected chi connectivity index (χ0v) is 16.5. The molecule has 0 bridgehead atoms. The second-order valence-electron chi connectivity index (χ2n) is 5.99. The first kappa shape index (κ1) is 17.8. The van der Waals surface area contributed by atoms with E-state index in [1.54, 1.807) is 7.05 Å². The van der Waals surface area contributed by atoms with Crippen molar-refractivity contribution in [3.63, 3.8) is 0 Å². The summed E-state index contributed by atoms with van der Waals surface area (Å²) < 4.78 is 13.1. The Kier molecular flexibility index (Phi) is 5.01. The molecular formula is C20H18ClN3O2S. The van der Waals surface area contributed by atoms with Gasteiger partial charge in [0.1, 0.15) is 13.2 Å². The van der Waals surface area contributed by atoms with Gasteiger partial charge in [-0.2, -0.15) is 5.10 Å². The van der Waals surface area contributed by atoms with Gasteiger partial charge in [-0.1, -0.05) is 23.7 Å². The van der Waals surface area contributed by atoms with Crippen LogP contribution in [-0.2, 0) is 0 Å². The summed E-state index contributed by atoms with van der Waals surface area (Å²) >= 11 is 7.70. The molecule has 0 atom stereocenters. The minimum atomic E-state index is 0.559. The fourth-order valence-corrected chi connectivity index (χ4v) is 3.86. The van der Waals surface area contributed by atoms with E-state index in [0.29, 0.717) is 18.2 Å². The summed E-state index contributed by atoms with van der Waals surface area (Å²) in [5, 5.41) is 7.55. The van der Waals surface area contributed by atoms with Gasteiger partial charge in [0, 0.05) is 28.6 Å². The monoisotopic (exact) mass is 399 g/mol. The number of benzene rings is 2. The van der Waals surface area contributed by atoms with Crippen molar-refractivity contribution in [3.8, 4) is 22.8 Å². The van der Waals surface area contributed by atoms with Gasteiger partial charge in [-0.3, -0.25) is 4.99 Å². The molecule has 0 fully saturated rings. The first-order chi connectivity index (χ1) is 13.2. The molecule has 138 valence electrons. The Labute approximate surface area is 166 Å². The molecule has 2 aromatic carbocycles. The van der Waals surface area contributed by atoms with Gasteiger partial charge in [0.15, 0.2) is 11.5 Å². The highest BCUT2D eigenvalue weighted by molar-refractivity contribution is 7.07. The van der Waals surface area contributed by atoms with E-state index < -0.39 is 0 Å². The number of hydrogen-bond donors (Lipinski definition) is 0. The topological polar surface area (TPSA) is 48.1 Å². The number of thiazole rings is 1. The van der Waals surface area contributed by atoms with Gasteiger partial charge < -0.3 is 9.47 Å². The first-order valence-electron chi connectivity index (χ1n) is 8.50. The lowest BCUT2D eigenvalue weighted by molar-refractivity contribution is 0.171. The minimum Gasteiger partial charge on any atom is -0.486 e. The largest absolute Gasteiger partial charge is 0.486 e. The lowest BCUT2D eigenvalue weighted by Crippen LogP contribution is -2.16. The number of nitrogens with zero attached hydrogens (tertiary/aromatic N) is 3. The van der Waals surface area contributed by atoms with E-state index in [9.17, 15) is 0 Å². The van der Waals surface area contributed by atoms with Crippen LogP contribution in [-0.4, -0.2) is 30.6 Å². The predicted octanol–water partition coefficient (Wildman–Crippen LogP) is 4.44. The molecule has 0 N–H and O–H groups in total. The van der Waals surface area contributed by atoms with Crippen LogP contribution in [0.1, 0.15) is 12.5 Å². The molecule has 0 amide bonds. The molecule has 0 saturated carbocycles. The van der Waals surface area contributed by atoms with Crippen molar-refractivity contribution in [2.75, 3.05) is 20.3 Å². The van der Waals surface area contributed by atoms with Crippen LogP contribution in [0.15, 0.2) is 57.9 Å². The van der Waals surface area contributed by atoms with Crippen molar-refractivity contribution >= 4 is 28.6 Å². The van der Waals surface area contributed by atoms with E-state index in [-0.39, 0.29) is 0 Å². The fraction of sp³-hybridized carbons (Fsp3) is 0.200. The third-order valence-corrected chi connectivity index (χ3v) is 5.35. The lowest BCUT2D eigenvalue weighted by atomic mass is 10.1. The molecule has 27 heavy (non-hydrogen) atoms. The summed E-state index contributed by atoms with van der Waals surface area (Å²) in [5.41, 5.74) is 3.76. The maximum atomic E-state index is 6.17. The predicted molar refractivity (Wildman–Crippen MR) is 109 cm³/mol. The number of halogens is 1. The third-order valence-electron chi connectivity index (χ3n) is 4.21. The molecule has 2 heterocycles. The van der Waals surface area contributed by atoms with E-state index in [0.717, 1.165) is 38.8 Å². The zero-order valence-electron chi connectivity index (χ0n) is 15.0. The number of hydrogen-bond acceptors (Lipinski definition) is 5. The Hall–Kier alpha value is -2.57. The molecular weight excluding hydrogens is 382 g/mol. The average molecular weight is 400 g/mol. The lowest BCUT2D eigenvalue weighted by Gasteiger charge is -2.18. The maximum absolute atomic E-state index is 6.17. The summed E-state index contributed by atoms with van der Waals surface area (Å²) in [6.07, 6.45) is 0. The van der Waals surface area contributed by atoms with Crippen molar-refractivity contribution in [1.29, 1.82) is 0 Å². The van der Waals surface area contributed by atoms with Crippen molar-refractivity contribution in [2.45, 2.75) is 6.92 Å². The van der Waals surface area contributed by atoms with Gasteiger partial charge in [-0.05, 0) is 37.3 Å². The summed E-state index contributed by atoms with van der Waals surface area (Å²) in [6.45, 7) is 3.11. The Morgan fingerprint density at radius 1 is 1.11 bits per heavy atom. The van der Waals surface area contributed by atoms with Crippen LogP contribution in [0.5, 0.6) is 11.5 Å². The second kappa shape index (κ2) is 7.58. The third kappa shape index (κ3) is 3.63. The molecule has 1 aliphatic heterocycles. The highest BCUT2D eigenvalue weighted by atomic mass is 35.5. The maximum Gasteiger partial charge on any atom is 0.205 e. The van der Waals surface area contributed by atoms with Crippen molar-refractivity contribution < 1.29 is 9.47 Å². The number of ether oxygens (including phenoxy) is 2. The van der Waals surface area contributed by atoms with Crippen LogP contribution in [0, 0.1) is 0 Å². The molecule has 7 heteroatoms. The van der Waals surface area contributed by atoms with Crippen molar-refractivity contribution in [1.82, 2.24) is 4.68 Å². The van der Waals surface area contributed by atoms with Crippen LogP contribution >= 0.6 is 22.9 Å². The first-order valence-corrected chi connectivity index (χ1v) is 9.76. The SMILES string of the molecule is CN=c1scc(-c2cccc(Cl)c2)n1N=C(C)c1ccc2c(c1)OCCO2. The molecule has 1 aliphatic rings. The summed E-state index contributed by atoms with van der Waals surface area (Å²) in [6, 6.07) is 13.6. The molecule has 0 radical (unpaired) electrons. The average Bonchev–Trinajstić information content (AvgIpc) is 3.10. The number of fused-ring (bicyclic) bond motifs is 1. The fourth-order valence-electron chi connectivity index (χ4n) is 2.87. The molecule has 3 aromatic rings. The minimum absolute atomic E-state index is 0.559. The summed E-state index contributed by atoms with van der Waals surface area (Å²) in [4.78, 5) is 5.16. The van der Waals surface area contributed by atoms with Crippen LogP contribution in [0.4, 0.5) is 0 Å². The highest BCUT2D eigenvalue weighted by Crippen LogP contribution is 2.31. The van der Waals surface area contributed by atoms with Gasteiger partial charge in [-0.15, -0.1) is 11.3 Å². The second-order valence-corrected chi connectivity index (χ2v) is 7.27. The molecule has 0 unspecified atom stereocenters. The molecule has 0 saturated heterocycles. The Morgan fingerprint density at radius 2 is 1.93 bits per heavy atom. The van der Waals surface area contributed by atoms with Gasteiger partial charge in [0.25, 0.3) is 0 Å². The van der Waals surface area contributed by atoms with E-state index in [4.69, 9.17) is 26.2 Å². The number of aromatic nitrogens is 1. The molecule has 4 rings (SSSR count). The van der Waals surface area contributed by atoms with E-state index in [2.05, 4.69) is 4.99 Å². The van der Waals surface area contributed by atoms with E-state index in [1.807, 2.05) is 59.4 Å². The molecule has 5 nitrogen and oxygen atoms in total. The normalized spacial score (nSPS) is 14.5. The smallest absolute Gasteiger partial charge is 0.205 e. The Balaban J connectivity index is 1.78. The Bertz CT molecular complexity index is 1080. The quantitative estimate of drug-likeness (QED) is 0.611. The number of rotatable bonds is 3. The van der Waals surface area contributed by atoms with Gasteiger partial charge in [0.2, 0.25) is 4.80 Å². The Morgan fingerprint density at radius 3 is 2.70 bits per heavy atom. The van der Waals surface area contributed by atoms with Crippen LogP contribution < -0.4 is 14.3 Å². The van der Waals surface area contributed by atoms with Gasteiger partial charge in [0.05, 0.1) is 11.4 Å². The zero-order chi connectivity index (χ0) is 18.8. The van der Waals surface area contributed by atoms with Gasteiger partial charge in [-0.25, -0.2) is 4.68 Å².